The first kappa shape index (κ1) is 14.2. The first-order valence-corrected chi connectivity index (χ1v) is 6.27. The Morgan fingerprint density at radius 1 is 1.40 bits per heavy atom. The summed E-state index contributed by atoms with van der Waals surface area (Å²) < 4.78 is 6.44. The van der Waals surface area contributed by atoms with Crippen molar-refractivity contribution in [2.45, 2.75) is 13.2 Å². The molecule has 0 radical (unpaired) electrons. The Kier molecular flexibility index (Phi) is 4.47. The van der Waals surface area contributed by atoms with Gasteiger partial charge in [0.15, 0.2) is 0 Å². The van der Waals surface area contributed by atoms with Crippen molar-refractivity contribution in [2.75, 3.05) is 19.1 Å². The Bertz CT molecular complexity index is 625. The van der Waals surface area contributed by atoms with Crippen LogP contribution >= 0.6 is 0 Å². The number of hydrogen-bond acceptors (Lipinski definition) is 5. The molecule has 0 unspecified atom stereocenters. The highest BCUT2D eigenvalue weighted by Gasteiger charge is 2.13. The van der Waals surface area contributed by atoms with E-state index in [4.69, 9.17) is 4.74 Å². The van der Waals surface area contributed by atoms with E-state index in [-0.39, 0.29) is 12.2 Å². The van der Waals surface area contributed by atoms with Crippen molar-refractivity contribution in [3.63, 3.8) is 0 Å². The number of hydrogen-bond donors (Lipinski definition) is 0. The Balaban J connectivity index is 2.32. The minimum Gasteiger partial charge on any atom is -0.380 e. The summed E-state index contributed by atoms with van der Waals surface area (Å²) in [5.41, 5.74) is 2.32. The van der Waals surface area contributed by atoms with Crippen LogP contribution in [0.2, 0.25) is 0 Å². The van der Waals surface area contributed by atoms with Gasteiger partial charge >= 0.3 is 0 Å². The molecule has 0 bridgehead atoms. The van der Waals surface area contributed by atoms with E-state index < -0.39 is 0 Å². The molecule has 20 heavy (non-hydrogen) atoms. The Morgan fingerprint density at radius 3 is 2.85 bits per heavy atom. The van der Waals surface area contributed by atoms with Gasteiger partial charge in [0.1, 0.15) is 0 Å². The smallest absolute Gasteiger partial charge is 0.274 e. The number of pyridine rings is 1. The molecule has 0 aromatic carbocycles. The van der Waals surface area contributed by atoms with Crippen LogP contribution in [0.25, 0.3) is 0 Å². The topological polar surface area (TPSA) is 60.2 Å². The van der Waals surface area contributed by atoms with Crippen molar-refractivity contribution in [3.8, 4) is 0 Å². The summed E-state index contributed by atoms with van der Waals surface area (Å²) in [4.78, 5) is 18.2. The summed E-state index contributed by atoms with van der Waals surface area (Å²) in [7, 11) is 5.12. The van der Waals surface area contributed by atoms with Gasteiger partial charge in [0.2, 0.25) is 0 Å². The number of rotatable bonds is 5. The van der Waals surface area contributed by atoms with Gasteiger partial charge in [0.05, 0.1) is 24.1 Å². The molecule has 2 rings (SSSR count). The predicted molar refractivity (Wildman–Crippen MR) is 76.5 cm³/mol. The monoisotopic (exact) mass is 274 g/mol. The lowest BCUT2D eigenvalue weighted by molar-refractivity contribution is 0.183. The third-order valence-electron chi connectivity index (χ3n) is 3.06. The second kappa shape index (κ2) is 6.29. The van der Waals surface area contributed by atoms with Gasteiger partial charge in [0.25, 0.3) is 5.56 Å². The van der Waals surface area contributed by atoms with Gasteiger partial charge < -0.3 is 9.64 Å². The van der Waals surface area contributed by atoms with E-state index in [0.717, 1.165) is 11.3 Å². The van der Waals surface area contributed by atoms with Crippen LogP contribution in [-0.2, 0) is 24.9 Å². The zero-order valence-corrected chi connectivity index (χ0v) is 11.9. The van der Waals surface area contributed by atoms with Crippen molar-refractivity contribution in [3.05, 3.63) is 52.2 Å². The fourth-order valence-corrected chi connectivity index (χ4v) is 2.04. The fraction of sp³-hybridized carbons (Fsp3) is 0.357. The molecular formula is C14H18N4O2. The van der Waals surface area contributed by atoms with Gasteiger partial charge in [-0.2, -0.15) is 5.10 Å². The summed E-state index contributed by atoms with van der Waals surface area (Å²) in [6.45, 7) is 0.918. The summed E-state index contributed by atoms with van der Waals surface area (Å²) >= 11 is 0. The Hall–Kier alpha value is -2.21. The lowest BCUT2D eigenvalue weighted by atomic mass is 10.2. The molecule has 2 aromatic heterocycles. The molecule has 0 aliphatic heterocycles. The maximum absolute atomic E-state index is 12.1. The second-order valence-electron chi connectivity index (χ2n) is 4.59. The number of aromatic nitrogens is 3. The molecule has 0 N–H and O–H groups in total. The average molecular weight is 274 g/mol. The van der Waals surface area contributed by atoms with E-state index in [1.165, 1.54) is 4.68 Å². The molecule has 0 spiro atoms. The van der Waals surface area contributed by atoms with E-state index in [9.17, 15) is 4.79 Å². The van der Waals surface area contributed by atoms with Gasteiger partial charge in [-0.3, -0.25) is 9.78 Å². The lowest BCUT2D eigenvalue weighted by Crippen LogP contribution is -2.28. The van der Waals surface area contributed by atoms with Crippen molar-refractivity contribution < 1.29 is 4.74 Å². The van der Waals surface area contributed by atoms with Crippen molar-refractivity contribution in [1.29, 1.82) is 0 Å². The largest absolute Gasteiger partial charge is 0.380 e. The molecule has 6 nitrogen and oxygen atoms in total. The molecule has 0 fully saturated rings. The molecule has 6 heteroatoms. The number of aryl methyl sites for hydroxylation is 1. The molecule has 0 aliphatic carbocycles. The van der Waals surface area contributed by atoms with Gasteiger partial charge in [0, 0.05) is 40.1 Å². The van der Waals surface area contributed by atoms with Crippen LogP contribution in [0.1, 0.15) is 11.1 Å². The highest BCUT2D eigenvalue weighted by Crippen LogP contribution is 2.17. The van der Waals surface area contributed by atoms with Gasteiger partial charge in [-0.1, -0.05) is 6.07 Å². The summed E-state index contributed by atoms with van der Waals surface area (Å²) in [5.74, 6) is 0. The second-order valence-corrected chi connectivity index (χ2v) is 4.59. The van der Waals surface area contributed by atoms with Crippen LogP contribution in [0.4, 0.5) is 5.69 Å². The van der Waals surface area contributed by atoms with Crippen LogP contribution in [0.3, 0.4) is 0 Å². The molecule has 0 saturated carbocycles. The minimum atomic E-state index is -0.137. The molecule has 2 heterocycles. The van der Waals surface area contributed by atoms with E-state index in [0.29, 0.717) is 12.1 Å². The van der Waals surface area contributed by atoms with Crippen LogP contribution in [0.5, 0.6) is 0 Å². The molecule has 106 valence electrons. The van der Waals surface area contributed by atoms with Crippen molar-refractivity contribution >= 4 is 5.69 Å². The predicted octanol–water partition coefficient (Wildman–Crippen LogP) is 0.958. The number of anilines is 1. The molecule has 0 saturated heterocycles. The first-order chi connectivity index (χ1) is 9.63. The van der Waals surface area contributed by atoms with Crippen LogP contribution in [0, 0.1) is 0 Å². The number of nitrogens with zero attached hydrogens (tertiary/aromatic N) is 4. The SMILES string of the molecule is COCc1c(N(C)Cc2cccnc2)cnn(C)c1=O. The van der Waals surface area contributed by atoms with Crippen LogP contribution < -0.4 is 10.5 Å². The average Bonchev–Trinajstić information content (AvgIpc) is 2.45. The van der Waals surface area contributed by atoms with Crippen LogP contribution in [0.15, 0.2) is 35.5 Å². The van der Waals surface area contributed by atoms with E-state index in [1.54, 1.807) is 32.7 Å². The molecule has 0 aliphatic rings. The van der Waals surface area contributed by atoms with Gasteiger partial charge in [-0.05, 0) is 11.6 Å². The first-order valence-electron chi connectivity index (χ1n) is 6.27. The highest BCUT2D eigenvalue weighted by molar-refractivity contribution is 5.50. The lowest BCUT2D eigenvalue weighted by Gasteiger charge is -2.21. The zero-order chi connectivity index (χ0) is 14.5. The fourth-order valence-electron chi connectivity index (χ4n) is 2.04. The normalized spacial score (nSPS) is 10.6. The standard InChI is InChI=1S/C14H18N4O2/c1-17(9-11-5-4-6-15-7-11)13-8-16-18(2)14(19)12(13)10-20-3/h4-8H,9-10H2,1-3H3. The zero-order valence-electron chi connectivity index (χ0n) is 11.9. The summed E-state index contributed by atoms with van der Waals surface area (Å²) in [6.07, 6.45) is 5.23. The van der Waals surface area contributed by atoms with Gasteiger partial charge in [-0.15, -0.1) is 0 Å². The van der Waals surface area contributed by atoms with E-state index in [1.807, 2.05) is 24.1 Å². The summed E-state index contributed by atoms with van der Waals surface area (Å²) in [6, 6.07) is 3.88. The third-order valence-corrected chi connectivity index (χ3v) is 3.06. The van der Waals surface area contributed by atoms with Crippen LogP contribution in [-0.4, -0.2) is 28.9 Å². The quantitative estimate of drug-likeness (QED) is 0.812. The Morgan fingerprint density at radius 2 is 2.20 bits per heavy atom. The molecular weight excluding hydrogens is 256 g/mol. The molecule has 0 amide bonds. The van der Waals surface area contributed by atoms with E-state index in [2.05, 4.69) is 10.1 Å². The minimum absolute atomic E-state index is 0.137. The summed E-state index contributed by atoms with van der Waals surface area (Å²) in [5, 5.41) is 4.08. The Labute approximate surface area is 117 Å². The number of methoxy groups -OCH3 is 1. The van der Waals surface area contributed by atoms with Crippen molar-refractivity contribution in [1.82, 2.24) is 14.8 Å². The maximum atomic E-state index is 12.1. The van der Waals surface area contributed by atoms with E-state index >= 15 is 0 Å². The molecule has 0 atom stereocenters. The maximum Gasteiger partial charge on any atom is 0.274 e. The number of ether oxygens (including phenoxy) is 1. The highest BCUT2D eigenvalue weighted by atomic mass is 16.5. The third kappa shape index (κ3) is 3.03. The van der Waals surface area contributed by atoms with Crippen molar-refractivity contribution in [2.24, 2.45) is 7.05 Å². The van der Waals surface area contributed by atoms with Gasteiger partial charge in [-0.25, -0.2) is 4.68 Å². The molecule has 2 aromatic rings.